The van der Waals surface area contributed by atoms with Gasteiger partial charge in [0.05, 0.1) is 12.2 Å². The number of aliphatic hydroxyl groups excluding tert-OH is 1. The van der Waals surface area contributed by atoms with Crippen molar-refractivity contribution in [1.82, 2.24) is 0 Å². The molecule has 0 heterocycles. The number of hydrogen-bond donors (Lipinski definition) is 2. The maximum Gasteiger partial charge on any atom is 0.416 e. The fraction of sp³-hybridized carbons (Fsp3) is 0.417. The number of carbonyl (C=O) groups is 1. The highest BCUT2D eigenvalue weighted by Crippen LogP contribution is 2.30. The van der Waals surface area contributed by atoms with Gasteiger partial charge in [-0.3, -0.25) is 9.00 Å². The molecule has 0 radical (unpaired) electrons. The van der Waals surface area contributed by atoms with Crippen LogP contribution in [0.2, 0.25) is 0 Å². The summed E-state index contributed by atoms with van der Waals surface area (Å²) in [6.45, 7) is -0.234. The normalized spacial score (nSPS) is 13.0. The van der Waals surface area contributed by atoms with Crippen LogP contribution in [0.5, 0.6) is 0 Å². The summed E-state index contributed by atoms with van der Waals surface area (Å²) >= 11 is 0. The van der Waals surface area contributed by atoms with Crippen LogP contribution in [0.1, 0.15) is 12.0 Å². The summed E-state index contributed by atoms with van der Waals surface area (Å²) in [5, 5.41) is 10.9. The van der Waals surface area contributed by atoms with Gasteiger partial charge in [-0.05, 0) is 18.2 Å². The smallest absolute Gasteiger partial charge is 0.395 e. The van der Waals surface area contributed by atoms with Crippen molar-refractivity contribution in [1.29, 1.82) is 0 Å². The first kappa shape index (κ1) is 16.6. The SMILES string of the molecule is O=C(CCS(=O)CCO)Nc1cccc(C(F)(F)F)c1. The minimum Gasteiger partial charge on any atom is -0.395 e. The lowest BCUT2D eigenvalue weighted by atomic mass is 10.2. The van der Waals surface area contributed by atoms with Crippen molar-refractivity contribution in [3.63, 3.8) is 0 Å². The zero-order valence-corrected chi connectivity index (χ0v) is 11.3. The number of hydrogen-bond acceptors (Lipinski definition) is 3. The molecule has 0 fully saturated rings. The lowest BCUT2D eigenvalue weighted by Gasteiger charge is -2.09. The molecule has 0 aliphatic rings. The lowest BCUT2D eigenvalue weighted by molar-refractivity contribution is -0.137. The van der Waals surface area contributed by atoms with Crippen LogP contribution in [-0.2, 0) is 21.8 Å². The maximum atomic E-state index is 12.5. The number of benzene rings is 1. The van der Waals surface area contributed by atoms with Gasteiger partial charge in [0, 0.05) is 34.4 Å². The average Bonchev–Trinajstić information content (AvgIpc) is 2.36. The molecule has 4 nitrogen and oxygen atoms in total. The molecule has 0 aromatic heterocycles. The average molecular weight is 309 g/mol. The van der Waals surface area contributed by atoms with Gasteiger partial charge in [0.2, 0.25) is 5.91 Å². The fourth-order valence-electron chi connectivity index (χ4n) is 1.41. The Morgan fingerprint density at radius 3 is 2.60 bits per heavy atom. The van der Waals surface area contributed by atoms with Crippen molar-refractivity contribution in [3.8, 4) is 0 Å². The number of nitrogens with one attached hydrogen (secondary N) is 1. The molecule has 20 heavy (non-hydrogen) atoms. The molecule has 1 aromatic carbocycles. The molecule has 0 spiro atoms. The van der Waals surface area contributed by atoms with Crippen molar-refractivity contribution < 1.29 is 27.3 Å². The van der Waals surface area contributed by atoms with E-state index >= 15 is 0 Å². The van der Waals surface area contributed by atoms with Crippen molar-refractivity contribution in [2.75, 3.05) is 23.4 Å². The molecule has 0 aliphatic heterocycles. The first-order chi connectivity index (χ1) is 9.32. The Bertz CT molecular complexity index is 491. The van der Waals surface area contributed by atoms with Gasteiger partial charge in [-0.2, -0.15) is 13.2 Å². The Morgan fingerprint density at radius 1 is 1.30 bits per heavy atom. The van der Waals surface area contributed by atoms with E-state index in [1.807, 2.05) is 0 Å². The summed E-state index contributed by atoms with van der Waals surface area (Å²) in [5.41, 5.74) is -0.808. The second kappa shape index (κ2) is 7.39. The van der Waals surface area contributed by atoms with Gasteiger partial charge in [-0.15, -0.1) is 0 Å². The van der Waals surface area contributed by atoms with Crippen LogP contribution in [0, 0.1) is 0 Å². The van der Waals surface area contributed by atoms with Crippen molar-refractivity contribution in [2.24, 2.45) is 0 Å². The molecule has 8 heteroatoms. The highest BCUT2D eigenvalue weighted by atomic mass is 32.2. The number of amides is 1. The molecule has 112 valence electrons. The molecule has 0 saturated heterocycles. The molecule has 2 N–H and O–H groups in total. The van der Waals surface area contributed by atoms with E-state index < -0.39 is 28.4 Å². The van der Waals surface area contributed by atoms with E-state index in [2.05, 4.69) is 5.32 Å². The number of carbonyl (C=O) groups excluding carboxylic acids is 1. The van der Waals surface area contributed by atoms with Gasteiger partial charge in [0.1, 0.15) is 0 Å². The van der Waals surface area contributed by atoms with Gasteiger partial charge < -0.3 is 10.4 Å². The Hall–Kier alpha value is -1.41. The van der Waals surface area contributed by atoms with Crippen molar-refractivity contribution in [3.05, 3.63) is 29.8 Å². The number of aliphatic hydroxyl groups is 1. The third-order valence-electron chi connectivity index (χ3n) is 2.35. The first-order valence-electron chi connectivity index (χ1n) is 5.76. The Kier molecular flexibility index (Phi) is 6.15. The number of halogens is 3. The maximum absolute atomic E-state index is 12.5. The van der Waals surface area contributed by atoms with Gasteiger partial charge in [0.25, 0.3) is 0 Å². The van der Waals surface area contributed by atoms with E-state index in [-0.39, 0.29) is 30.2 Å². The van der Waals surface area contributed by atoms with Crippen LogP contribution in [-0.4, -0.2) is 33.3 Å². The molecule has 0 bridgehead atoms. The van der Waals surface area contributed by atoms with Crippen molar-refractivity contribution in [2.45, 2.75) is 12.6 Å². The first-order valence-corrected chi connectivity index (χ1v) is 7.24. The van der Waals surface area contributed by atoms with E-state index in [4.69, 9.17) is 5.11 Å². The van der Waals surface area contributed by atoms with Crippen LogP contribution in [0.3, 0.4) is 0 Å². The summed E-state index contributed by atoms with van der Waals surface area (Å²) in [6.07, 6.45) is -4.55. The Labute approximate surface area is 116 Å². The predicted octanol–water partition coefficient (Wildman–Crippen LogP) is 1.77. The zero-order chi connectivity index (χ0) is 15.2. The minimum absolute atomic E-state index is 0.0396. The molecule has 1 amide bonds. The van der Waals surface area contributed by atoms with E-state index in [0.29, 0.717) is 0 Å². The highest BCUT2D eigenvalue weighted by Gasteiger charge is 2.30. The van der Waals surface area contributed by atoms with Crippen LogP contribution in [0.15, 0.2) is 24.3 Å². The van der Waals surface area contributed by atoms with Gasteiger partial charge in [-0.1, -0.05) is 6.07 Å². The fourth-order valence-corrected chi connectivity index (χ4v) is 2.23. The Balaban J connectivity index is 2.56. The number of anilines is 1. The largest absolute Gasteiger partial charge is 0.416 e. The summed E-state index contributed by atoms with van der Waals surface area (Å²) in [7, 11) is -1.31. The molecule has 1 unspecified atom stereocenters. The van der Waals surface area contributed by atoms with Gasteiger partial charge in [0.15, 0.2) is 0 Å². The summed E-state index contributed by atoms with van der Waals surface area (Å²) in [5.74, 6) is -0.377. The van der Waals surface area contributed by atoms with Crippen LogP contribution in [0.4, 0.5) is 18.9 Å². The molecular weight excluding hydrogens is 295 g/mol. The molecule has 0 saturated carbocycles. The zero-order valence-electron chi connectivity index (χ0n) is 10.4. The van der Waals surface area contributed by atoms with E-state index in [9.17, 15) is 22.2 Å². The predicted molar refractivity (Wildman–Crippen MR) is 69.7 cm³/mol. The highest BCUT2D eigenvalue weighted by molar-refractivity contribution is 7.85. The van der Waals surface area contributed by atoms with Crippen LogP contribution in [0.25, 0.3) is 0 Å². The molecule has 1 aromatic rings. The monoisotopic (exact) mass is 309 g/mol. The van der Waals surface area contributed by atoms with Crippen LogP contribution < -0.4 is 5.32 Å². The summed E-state index contributed by atoms with van der Waals surface area (Å²) < 4.78 is 48.6. The molecule has 0 aliphatic carbocycles. The second-order valence-corrected chi connectivity index (χ2v) is 5.64. The quantitative estimate of drug-likeness (QED) is 0.842. The lowest BCUT2D eigenvalue weighted by Crippen LogP contribution is -2.17. The van der Waals surface area contributed by atoms with Gasteiger partial charge >= 0.3 is 6.18 Å². The second-order valence-electron chi connectivity index (χ2n) is 3.95. The van der Waals surface area contributed by atoms with Crippen LogP contribution >= 0.6 is 0 Å². The number of rotatable bonds is 6. The van der Waals surface area contributed by atoms with E-state index in [1.165, 1.54) is 12.1 Å². The number of alkyl halides is 3. The molecule has 1 rings (SSSR count). The standard InChI is InChI=1S/C12H14F3NO3S/c13-12(14,15)9-2-1-3-10(8-9)16-11(18)4-6-20(19)7-5-17/h1-3,8,17H,4-7H2,(H,16,18). The van der Waals surface area contributed by atoms with Crippen molar-refractivity contribution >= 4 is 22.4 Å². The molecule has 1 atom stereocenters. The summed E-state index contributed by atoms with van der Waals surface area (Å²) in [6, 6.07) is 4.29. The van der Waals surface area contributed by atoms with E-state index in [0.717, 1.165) is 12.1 Å². The molecular formula is C12H14F3NO3S. The third kappa shape index (κ3) is 5.70. The Morgan fingerprint density at radius 2 is 2.00 bits per heavy atom. The summed E-state index contributed by atoms with van der Waals surface area (Å²) in [4.78, 5) is 11.5. The topological polar surface area (TPSA) is 66.4 Å². The third-order valence-corrected chi connectivity index (χ3v) is 3.65. The minimum atomic E-state index is -4.47. The van der Waals surface area contributed by atoms with E-state index in [1.54, 1.807) is 0 Å². The van der Waals surface area contributed by atoms with Gasteiger partial charge in [-0.25, -0.2) is 0 Å².